The lowest BCUT2D eigenvalue weighted by Gasteiger charge is -2.01. The van der Waals surface area contributed by atoms with Crippen LogP contribution < -0.4 is 0 Å². The molecule has 0 spiro atoms. The van der Waals surface area contributed by atoms with Crippen LogP contribution in [0.1, 0.15) is 22.8 Å². The molecule has 0 saturated heterocycles. The second-order valence-corrected chi connectivity index (χ2v) is 4.28. The van der Waals surface area contributed by atoms with E-state index in [9.17, 15) is 4.79 Å². The molecule has 0 radical (unpaired) electrons. The zero-order chi connectivity index (χ0) is 13.4. The molecule has 94 valence electrons. The zero-order valence-electron chi connectivity index (χ0n) is 9.11. The molecule has 1 aromatic rings. The molecular formula is C11H12BrClO4. The van der Waals surface area contributed by atoms with E-state index in [4.69, 9.17) is 26.6 Å². The van der Waals surface area contributed by atoms with Gasteiger partial charge in [0.15, 0.2) is 0 Å². The van der Waals surface area contributed by atoms with Crippen molar-refractivity contribution < 1.29 is 19.8 Å². The van der Waals surface area contributed by atoms with E-state index in [2.05, 4.69) is 15.9 Å². The molecule has 0 aliphatic rings. The highest BCUT2D eigenvalue weighted by atomic mass is 79.9. The number of aliphatic carboxylic acids is 1. The molecule has 1 rings (SSSR count). The molecule has 2 N–H and O–H groups in total. The van der Waals surface area contributed by atoms with E-state index in [0.717, 1.165) is 24.2 Å². The van der Waals surface area contributed by atoms with Gasteiger partial charge in [0, 0.05) is 12.3 Å². The van der Waals surface area contributed by atoms with Gasteiger partial charge in [0.1, 0.15) is 0 Å². The van der Waals surface area contributed by atoms with Crippen LogP contribution in [0.15, 0.2) is 18.2 Å². The third kappa shape index (κ3) is 6.97. The largest absolute Gasteiger partial charge is 0.481 e. The minimum atomic E-state index is -0.990. The third-order valence-corrected chi connectivity index (χ3v) is 2.36. The average Bonchev–Trinajstić information content (AvgIpc) is 2.16. The molecule has 0 heterocycles. The van der Waals surface area contributed by atoms with Gasteiger partial charge in [-0.05, 0) is 24.1 Å². The molecule has 1 aromatic carbocycles. The summed E-state index contributed by atoms with van der Waals surface area (Å²) in [6, 6.07) is 4.99. The summed E-state index contributed by atoms with van der Waals surface area (Å²) in [5.74, 6) is -1.82. The van der Waals surface area contributed by atoms with Crippen molar-refractivity contribution in [3.63, 3.8) is 0 Å². The van der Waals surface area contributed by atoms with Crippen LogP contribution in [0, 0.1) is 0 Å². The summed E-state index contributed by atoms with van der Waals surface area (Å²) < 4.78 is 0. The zero-order valence-corrected chi connectivity index (χ0v) is 11.5. The maximum Gasteiger partial charge on any atom is 0.337 e. The average molecular weight is 324 g/mol. The van der Waals surface area contributed by atoms with Crippen LogP contribution in [0.4, 0.5) is 0 Å². The summed E-state index contributed by atoms with van der Waals surface area (Å²) >= 11 is 9.06. The number of alkyl halides is 1. The maximum absolute atomic E-state index is 10.6. The van der Waals surface area contributed by atoms with Crippen molar-refractivity contribution in [1.82, 2.24) is 0 Å². The minimum absolute atomic E-state index is 0.153. The topological polar surface area (TPSA) is 74.6 Å². The third-order valence-electron chi connectivity index (χ3n) is 1.65. The van der Waals surface area contributed by atoms with Crippen LogP contribution in [0.5, 0.6) is 0 Å². The summed E-state index contributed by atoms with van der Waals surface area (Å²) in [4.78, 5) is 19.6. The summed E-state index contributed by atoms with van der Waals surface area (Å²) in [7, 11) is 0. The SMILES string of the molecule is CC(=O)O.O=C(O)c1ccc(CCBr)cc1Cl. The van der Waals surface area contributed by atoms with E-state index < -0.39 is 11.9 Å². The highest BCUT2D eigenvalue weighted by Crippen LogP contribution is 2.18. The van der Waals surface area contributed by atoms with Crippen LogP contribution in [0.2, 0.25) is 5.02 Å². The lowest BCUT2D eigenvalue weighted by Crippen LogP contribution is -1.98. The Bertz CT molecular complexity index is 402. The molecule has 4 nitrogen and oxygen atoms in total. The Kier molecular flexibility index (Phi) is 7.58. The lowest BCUT2D eigenvalue weighted by molar-refractivity contribution is -0.134. The van der Waals surface area contributed by atoms with Crippen molar-refractivity contribution in [1.29, 1.82) is 0 Å². The van der Waals surface area contributed by atoms with Gasteiger partial charge in [0.2, 0.25) is 0 Å². The molecule has 0 fully saturated rings. The van der Waals surface area contributed by atoms with E-state index in [1.807, 2.05) is 0 Å². The van der Waals surface area contributed by atoms with Gasteiger partial charge in [-0.2, -0.15) is 0 Å². The number of halogens is 2. The summed E-state index contributed by atoms with van der Waals surface area (Å²) in [6.45, 7) is 1.08. The number of carboxylic acid groups (broad SMARTS) is 2. The molecular weight excluding hydrogens is 311 g/mol. The van der Waals surface area contributed by atoms with Crippen molar-refractivity contribution in [3.8, 4) is 0 Å². The Hall–Kier alpha value is -1.07. The molecule has 0 unspecified atom stereocenters. The van der Waals surface area contributed by atoms with Gasteiger partial charge >= 0.3 is 5.97 Å². The molecule has 0 amide bonds. The minimum Gasteiger partial charge on any atom is -0.481 e. The monoisotopic (exact) mass is 322 g/mol. The normalized spacial score (nSPS) is 9.12. The second kappa shape index (κ2) is 8.08. The molecule has 0 aliphatic heterocycles. The maximum atomic E-state index is 10.6. The Labute approximate surface area is 112 Å². The first kappa shape index (κ1) is 15.9. The number of carboxylic acids is 2. The van der Waals surface area contributed by atoms with E-state index in [-0.39, 0.29) is 5.56 Å². The molecule has 0 saturated carbocycles. The smallest absolute Gasteiger partial charge is 0.337 e. The number of carbonyl (C=O) groups is 2. The standard InChI is InChI=1S/C9H8BrClO2.C2H4O2/c10-4-3-6-1-2-7(9(12)13)8(11)5-6;1-2(3)4/h1-2,5H,3-4H2,(H,12,13);1H3,(H,3,4). The van der Waals surface area contributed by atoms with Crippen LogP contribution in [0.3, 0.4) is 0 Å². The molecule has 0 atom stereocenters. The fourth-order valence-corrected chi connectivity index (χ4v) is 1.74. The number of hydrogen-bond acceptors (Lipinski definition) is 2. The van der Waals surface area contributed by atoms with Crippen molar-refractivity contribution >= 4 is 39.5 Å². The first-order valence-corrected chi connectivity index (χ1v) is 6.15. The number of benzene rings is 1. The van der Waals surface area contributed by atoms with Crippen molar-refractivity contribution in [2.45, 2.75) is 13.3 Å². The highest BCUT2D eigenvalue weighted by Gasteiger charge is 2.07. The Morgan fingerprint density at radius 2 is 1.88 bits per heavy atom. The predicted octanol–water partition coefficient (Wildman–Crippen LogP) is 3.07. The quantitative estimate of drug-likeness (QED) is 0.838. The van der Waals surface area contributed by atoms with E-state index >= 15 is 0 Å². The summed E-state index contributed by atoms with van der Waals surface area (Å²) in [6.07, 6.45) is 0.847. The summed E-state index contributed by atoms with van der Waals surface area (Å²) in [5.41, 5.74) is 1.19. The van der Waals surface area contributed by atoms with E-state index in [1.165, 1.54) is 6.07 Å². The van der Waals surface area contributed by atoms with Gasteiger partial charge in [-0.1, -0.05) is 33.6 Å². The van der Waals surface area contributed by atoms with Crippen LogP contribution >= 0.6 is 27.5 Å². The Balaban J connectivity index is 0.000000557. The Morgan fingerprint density at radius 3 is 2.24 bits per heavy atom. The number of aromatic carboxylic acids is 1. The Morgan fingerprint density at radius 1 is 1.35 bits per heavy atom. The molecule has 0 aliphatic carbocycles. The van der Waals surface area contributed by atoms with E-state index in [0.29, 0.717) is 5.02 Å². The van der Waals surface area contributed by atoms with E-state index in [1.54, 1.807) is 12.1 Å². The molecule has 0 bridgehead atoms. The van der Waals surface area contributed by atoms with Crippen LogP contribution in [0.25, 0.3) is 0 Å². The molecule has 0 aromatic heterocycles. The van der Waals surface area contributed by atoms with Gasteiger partial charge in [-0.3, -0.25) is 4.79 Å². The fourth-order valence-electron chi connectivity index (χ4n) is 0.997. The first-order valence-electron chi connectivity index (χ1n) is 4.65. The highest BCUT2D eigenvalue weighted by molar-refractivity contribution is 9.09. The van der Waals surface area contributed by atoms with Gasteiger partial charge < -0.3 is 10.2 Å². The number of hydrogen-bond donors (Lipinski definition) is 2. The van der Waals surface area contributed by atoms with Crippen molar-refractivity contribution in [2.24, 2.45) is 0 Å². The van der Waals surface area contributed by atoms with Crippen LogP contribution in [-0.4, -0.2) is 27.5 Å². The fraction of sp³-hybridized carbons (Fsp3) is 0.273. The van der Waals surface area contributed by atoms with Gasteiger partial charge in [0.25, 0.3) is 5.97 Å². The predicted molar refractivity (Wildman–Crippen MR) is 69.2 cm³/mol. The number of aryl methyl sites for hydroxylation is 1. The van der Waals surface area contributed by atoms with Gasteiger partial charge in [-0.15, -0.1) is 0 Å². The first-order chi connectivity index (χ1) is 7.88. The van der Waals surface area contributed by atoms with Crippen molar-refractivity contribution in [3.05, 3.63) is 34.3 Å². The van der Waals surface area contributed by atoms with Gasteiger partial charge in [-0.25, -0.2) is 4.79 Å². The lowest BCUT2D eigenvalue weighted by atomic mass is 10.1. The van der Waals surface area contributed by atoms with Crippen LogP contribution in [-0.2, 0) is 11.2 Å². The van der Waals surface area contributed by atoms with Gasteiger partial charge in [0.05, 0.1) is 10.6 Å². The molecule has 17 heavy (non-hydrogen) atoms. The second-order valence-electron chi connectivity index (χ2n) is 3.08. The molecule has 6 heteroatoms. The summed E-state index contributed by atoms with van der Waals surface area (Å²) in [5, 5.41) is 17.2. The number of rotatable bonds is 3. The van der Waals surface area contributed by atoms with Crippen molar-refractivity contribution in [2.75, 3.05) is 5.33 Å².